The number of carbonyl (C=O) groups is 2. The maximum Gasteiger partial charge on any atom is 0.307 e. The van der Waals surface area contributed by atoms with Gasteiger partial charge in [-0.1, -0.05) is 0 Å². The molecular formula is C9H10Br2N2O3. The van der Waals surface area contributed by atoms with E-state index in [1.807, 2.05) is 0 Å². The van der Waals surface area contributed by atoms with Gasteiger partial charge in [0, 0.05) is 12.7 Å². The monoisotopic (exact) mass is 352 g/mol. The van der Waals surface area contributed by atoms with Crippen LogP contribution in [-0.4, -0.2) is 30.5 Å². The molecule has 0 atom stereocenters. The topological polar surface area (TPSA) is 71.2 Å². The maximum absolute atomic E-state index is 11.6. The average molecular weight is 354 g/mol. The van der Waals surface area contributed by atoms with Crippen molar-refractivity contribution in [2.75, 3.05) is 13.7 Å². The first-order chi connectivity index (χ1) is 7.56. The van der Waals surface area contributed by atoms with E-state index in [1.54, 1.807) is 6.20 Å². The molecule has 0 unspecified atom stereocenters. The van der Waals surface area contributed by atoms with E-state index in [4.69, 9.17) is 0 Å². The maximum atomic E-state index is 11.6. The van der Waals surface area contributed by atoms with Crippen molar-refractivity contribution in [3.63, 3.8) is 0 Å². The van der Waals surface area contributed by atoms with Crippen LogP contribution in [0.3, 0.4) is 0 Å². The molecule has 16 heavy (non-hydrogen) atoms. The van der Waals surface area contributed by atoms with E-state index in [2.05, 4.69) is 46.9 Å². The van der Waals surface area contributed by atoms with Crippen LogP contribution in [0.15, 0.2) is 15.1 Å². The number of rotatable bonds is 4. The molecule has 1 aromatic rings. The molecule has 7 heteroatoms. The second kappa shape index (κ2) is 6.05. The lowest BCUT2D eigenvalue weighted by molar-refractivity contribution is -0.140. The summed E-state index contributed by atoms with van der Waals surface area (Å²) >= 11 is 6.51. The van der Waals surface area contributed by atoms with Crippen LogP contribution in [0.5, 0.6) is 0 Å². The van der Waals surface area contributed by atoms with E-state index < -0.39 is 0 Å². The minimum absolute atomic E-state index is 0.155. The summed E-state index contributed by atoms with van der Waals surface area (Å²) in [6.45, 7) is 0.245. The summed E-state index contributed by atoms with van der Waals surface area (Å²) in [4.78, 5) is 25.2. The number of carbonyl (C=O) groups excluding carboxylic acids is 2. The number of hydrogen-bond donors (Lipinski definition) is 2. The quantitative estimate of drug-likeness (QED) is 0.811. The zero-order valence-corrected chi connectivity index (χ0v) is 11.6. The molecule has 0 bridgehead atoms. The van der Waals surface area contributed by atoms with E-state index >= 15 is 0 Å². The molecule has 1 rings (SSSR count). The fourth-order valence-electron chi connectivity index (χ4n) is 1.02. The van der Waals surface area contributed by atoms with Crippen LogP contribution in [0.2, 0.25) is 0 Å². The molecule has 5 nitrogen and oxygen atoms in total. The Hall–Kier alpha value is -0.820. The van der Waals surface area contributed by atoms with Gasteiger partial charge in [-0.3, -0.25) is 9.59 Å². The molecule has 0 spiro atoms. The Morgan fingerprint density at radius 1 is 1.50 bits per heavy atom. The Kier molecular flexibility index (Phi) is 5.01. The molecule has 0 saturated heterocycles. The van der Waals surface area contributed by atoms with Crippen LogP contribution in [-0.2, 0) is 9.53 Å². The van der Waals surface area contributed by atoms with Crippen molar-refractivity contribution in [3.05, 3.63) is 20.8 Å². The van der Waals surface area contributed by atoms with Gasteiger partial charge in [0.05, 0.1) is 22.5 Å². The molecule has 1 aromatic heterocycles. The van der Waals surface area contributed by atoms with E-state index in [1.165, 1.54) is 7.11 Å². The third kappa shape index (κ3) is 3.34. The van der Waals surface area contributed by atoms with Crippen molar-refractivity contribution >= 4 is 43.7 Å². The third-order valence-electron chi connectivity index (χ3n) is 1.84. The molecule has 88 valence electrons. The number of nitrogens with one attached hydrogen (secondary N) is 2. The van der Waals surface area contributed by atoms with Crippen molar-refractivity contribution in [2.45, 2.75) is 6.42 Å². The summed E-state index contributed by atoms with van der Waals surface area (Å²) in [5.74, 6) is -0.631. The van der Waals surface area contributed by atoms with Crippen LogP contribution in [0.4, 0.5) is 0 Å². The van der Waals surface area contributed by atoms with Crippen molar-refractivity contribution < 1.29 is 14.3 Å². The van der Waals surface area contributed by atoms with Crippen molar-refractivity contribution in [1.29, 1.82) is 0 Å². The standard InChI is InChI=1S/C9H10Br2N2O3/c1-16-6(14)2-3-12-9(15)8-7(11)5(10)4-13-8/h4,13H,2-3H2,1H3,(H,12,15). The number of hydrogen-bond acceptors (Lipinski definition) is 3. The summed E-state index contributed by atoms with van der Waals surface area (Å²) in [5, 5.41) is 2.60. The summed E-state index contributed by atoms with van der Waals surface area (Å²) in [7, 11) is 1.31. The first-order valence-electron chi connectivity index (χ1n) is 4.43. The van der Waals surface area contributed by atoms with Gasteiger partial charge in [0.25, 0.3) is 5.91 Å². The predicted molar refractivity (Wildman–Crippen MR) is 65.2 cm³/mol. The summed E-state index contributed by atoms with van der Waals surface area (Å²) < 4.78 is 5.88. The van der Waals surface area contributed by atoms with Crippen LogP contribution in [0.25, 0.3) is 0 Å². The van der Waals surface area contributed by atoms with Crippen molar-refractivity contribution in [2.24, 2.45) is 0 Å². The minimum Gasteiger partial charge on any atom is -0.469 e. The lowest BCUT2D eigenvalue weighted by atomic mass is 10.3. The molecule has 0 aliphatic carbocycles. The predicted octanol–water partition coefficient (Wildman–Crippen LogP) is 1.83. The largest absolute Gasteiger partial charge is 0.469 e. The Morgan fingerprint density at radius 2 is 2.19 bits per heavy atom. The van der Waals surface area contributed by atoms with Gasteiger partial charge in [0.1, 0.15) is 5.69 Å². The highest BCUT2D eigenvalue weighted by Gasteiger charge is 2.14. The van der Waals surface area contributed by atoms with Gasteiger partial charge in [-0.2, -0.15) is 0 Å². The van der Waals surface area contributed by atoms with Crippen LogP contribution >= 0.6 is 31.9 Å². The second-order valence-corrected chi connectivity index (χ2v) is 4.55. The van der Waals surface area contributed by atoms with Crippen molar-refractivity contribution in [3.8, 4) is 0 Å². The molecule has 1 amide bonds. The highest BCUT2D eigenvalue weighted by molar-refractivity contribution is 9.13. The molecule has 0 aliphatic rings. The van der Waals surface area contributed by atoms with E-state index in [0.717, 1.165) is 4.47 Å². The van der Waals surface area contributed by atoms with E-state index in [0.29, 0.717) is 10.2 Å². The molecule has 2 N–H and O–H groups in total. The summed E-state index contributed by atoms with van der Waals surface area (Å²) in [6, 6.07) is 0. The Bertz CT molecular complexity index is 403. The van der Waals surface area contributed by atoms with E-state index in [-0.39, 0.29) is 24.8 Å². The fourth-order valence-corrected chi connectivity index (χ4v) is 1.74. The highest BCUT2D eigenvalue weighted by atomic mass is 79.9. The number of H-pyrrole nitrogens is 1. The fraction of sp³-hybridized carbons (Fsp3) is 0.333. The third-order valence-corrected chi connectivity index (χ3v) is 3.82. The molecule has 0 fully saturated rings. The van der Waals surface area contributed by atoms with Gasteiger partial charge in [-0.15, -0.1) is 0 Å². The Balaban J connectivity index is 2.47. The number of ether oxygens (including phenoxy) is 1. The summed E-state index contributed by atoms with van der Waals surface area (Å²) in [6.07, 6.45) is 1.81. The molecule has 0 saturated carbocycles. The SMILES string of the molecule is COC(=O)CCNC(=O)c1[nH]cc(Br)c1Br. The van der Waals surface area contributed by atoms with Gasteiger partial charge in [-0.05, 0) is 31.9 Å². The average Bonchev–Trinajstić information content (AvgIpc) is 2.59. The Labute approximate surface area is 109 Å². The normalized spacial score (nSPS) is 9.94. The lowest BCUT2D eigenvalue weighted by Gasteiger charge is -2.03. The Morgan fingerprint density at radius 3 is 2.69 bits per heavy atom. The molecular weight excluding hydrogens is 344 g/mol. The number of amides is 1. The van der Waals surface area contributed by atoms with Crippen LogP contribution < -0.4 is 5.32 Å². The zero-order chi connectivity index (χ0) is 12.1. The highest BCUT2D eigenvalue weighted by Crippen LogP contribution is 2.25. The molecule has 0 radical (unpaired) electrons. The number of methoxy groups -OCH3 is 1. The number of halogens is 2. The van der Waals surface area contributed by atoms with Crippen LogP contribution in [0, 0.1) is 0 Å². The molecule has 0 aliphatic heterocycles. The minimum atomic E-state index is -0.355. The second-order valence-electron chi connectivity index (χ2n) is 2.91. The van der Waals surface area contributed by atoms with Crippen molar-refractivity contribution in [1.82, 2.24) is 10.3 Å². The first kappa shape index (κ1) is 13.2. The zero-order valence-electron chi connectivity index (χ0n) is 8.47. The van der Waals surface area contributed by atoms with Crippen LogP contribution in [0.1, 0.15) is 16.9 Å². The van der Waals surface area contributed by atoms with Gasteiger partial charge in [0.15, 0.2) is 0 Å². The smallest absolute Gasteiger partial charge is 0.307 e. The van der Waals surface area contributed by atoms with E-state index in [9.17, 15) is 9.59 Å². The molecule has 1 heterocycles. The number of aromatic nitrogens is 1. The number of aromatic amines is 1. The van der Waals surface area contributed by atoms with Gasteiger partial charge < -0.3 is 15.0 Å². The van der Waals surface area contributed by atoms with Gasteiger partial charge in [-0.25, -0.2) is 0 Å². The van der Waals surface area contributed by atoms with Gasteiger partial charge in [0.2, 0.25) is 0 Å². The summed E-state index contributed by atoms with van der Waals surface area (Å²) in [5.41, 5.74) is 0.414. The van der Waals surface area contributed by atoms with Gasteiger partial charge >= 0.3 is 5.97 Å². The first-order valence-corrected chi connectivity index (χ1v) is 6.02. The lowest BCUT2D eigenvalue weighted by Crippen LogP contribution is -2.26. The molecule has 0 aromatic carbocycles. The number of esters is 1.